The molecular weight excluding hydrogens is 306 g/mol. The van der Waals surface area contributed by atoms with Gasteiger partial charge in [-0.15, -0.1) is 0 Å². The summed E-state index contributed by atoms with van der Waals surface area (Å²) in [6.45, 7) is 7.29. The standard InChI is InChI=1S/C15H24BrNO2/c1-3-18-15(19-4-2)6-5-11-17-12-13-7-9-14(16)10-8-13/h7-10,15,17H,3-6,11-12H2,1-2H3. The van der Waals surface area contributed by atoms with E-state index in [2.05, 4.69) is 45.5 Å². The van der Waals surface area contributed by atoms with Crippen LogP contribution in [0.1, 0.15) is 32.3 Å². The Balaban J connectivity index is 2.11. The van der Waals surface area contributed by atoms with Crippen molar-refractivity contribution in [2.75, 3.05) is 19.8 Å². The van der Waals surface area contributed by atoms with Gasteiger partial charge in [0.05, 0.1) is 0 Å². The molecule has 0 unspecified atom stereocenters. The molecule has 0 spiro atoms. The van der Waals surface area contributed by atoms with E-state index in [1.165, 1.54) is 5.56 Å². The number of hydrogen-bond acceptors (Lipinski definition) is 3. The van der Waals surface area contributed by atoms with Gasteiger partial charge in [0.2, 0.25) is 0 Å². The number of benzene rings is 1. The quantitative estimate of drug-likeness (QED) is 0.524. The van der Waals surface area contributed by atoms with Gasteiger partial charge in [-0.1, -0.05) is 28.1 Å². The van der Waals surface area contributed by atoms with E-state index < -0.39 is 0 Å². The number of nitrogens with one attached hydrogen (secondary N) is 1. The Labute approximate surface area is 124 Å². The largest absolute Gasteiger partial charge is 0.353 e. The van der Waals surface area contributed by atoms with Gasteiger partial charge in [-0.25, -0.2) is 0 Å². The molecule has 0 aliphatic carbocycles. The van der Waals surface area contributed by atoms with Crippen LogP contribution in [0.5, 0.6) is 0 Å². The zero-order chi connectivity index (χ0) is 13.9. The molecule has 0 aliphatic heterocycles. The SMILES string of the molecule is CCOC(CCCNCc1ccc(Br)cc1)OCC. The van der Waals surface area contributed by atoms with Gasteiger partial charge in [0, 0.05) is 24.2 Å². The molecule has 0 heterocycles. The highest BCUT2D eigenvalue weighted by Gasteiger charge is 2.06. The second-order valence-corrected chi connectivity index (χ2v) is 5.20. The molecule has 0 saturated heterocycles. The molecule has 0 bridgehead atoms. The molecule has 0 amide bonds. The van der Waals surface area contributed by atoms with Gasteiger partial charge in [0.25, 0.3) is 0 Å². The molecule has 1 rings (SSSR count). The van der Waals surface area contributed by atoms with Crippen molar-refractivity contribution >= 4 is 15.9 Å². The van der Waals surface area contributed by atoms with Crippen molar-refractivity contribution in [3.8, 4) is 0 Å². The van der Waals surface area contributed by atoms with Crippen LogP contribution in [0.2, 0.25) is 0 Å². The van der Waals surface area contributed by atoms with Gasteiger partial charge in [0.15, 0.2) is 6.29 Å². The van der Waals surface area contributed by atoms with Crippen LogP contribution in [-0.2, 0) is 16.0 Å². The average Bonchev–Trinajstić information content (AvgIpc) is 2.41. The maximum Gasteiger partial charge on any atom is 0.157 e. The van der Waals surface area contributed by atoms with E-state index >= 15 is 0 Å². The van der Waals surface area contributed by atoms with Crippen molar-refractivity contribution in [1.29, 1.82) is 0 Å². The smallest absolute Gasteiger partial charge is 0.157 e. The lowest BCUT2D eigenvalue weighted by molar-refractivity contribution is -0.139. The Hall–Kier alpha value is -0.420. The van der Waals surface area contributed by atoms with E-state index in [0.717, 1.165) is 30.4 Å². The molecule has 0 saturated carbocycles. The maximum absolute atomic E-state index is 5.51. The van der Waals surface area contributed by atoms with Crippen LogP contribution in [0.15, 0.2) is 28.7 Å². The van der Waals surface area contributed by atoms with Crippen molar-refractivity contribution in [2.45, 2.75) is 39.5 Å². The lowest BCUT2D eigenvalue weighted by Crippen LogP contribution is -2.21. The summed E-state index contributed by atoms with van der Waals surface area (Å²) in [6, 6.07) is 8.38. The Morgan fingerprint density at radius 2 is 1.74 bits per heavy atom. The normalized spacial score (nSPS) is 11.2. The predicted octanol–water partition coefficient (Wildman–Crippen LogP) is 3.72. The van der Waals surface area contributed by atoms with Crippen molar-refractivity contribution in [3.63, 3.8) is 0 Å². The summed E-state index contributed by atoms with van der Waals surface area (Å²) >= 11 is 3.44. The van der Waals surface area contributed by atoms with Crippen LogP contribution >= 0.6 is 15.9 Å². The van der Waals surface area contributed by atoms with Crippen molar-refractivity contribution in [1.82, 2.24) is 5.32 Å². The second-order valence-electron chi connectivity index (χ2n) is 4.29. The fourth-order valence-electron chi connectivity index (χ4n) is 1.82. The lowest BCUT2D eigenvalue weighted by atomic mass is 10.2. The van der Waals surface area contributed by atoms with E-state index in [4.69, 9.17) is 9.47 Å². The van der Waals surface area contributed by atoms with Gasteiger partial charge in [-0.05, 0) is 50.9 Å². The van der Waals surface area contributed by atoms with Crippen LogP contribution in [-0.4, -0.2) is 26.0 Å². The minimum Gasteiger partial charge on any atom is -0.353 e. The summed E-state index contributed by atoms with van der Waals surface area (Å²) in [6.07, 6.45) is 1.94. The van der Waals surface area contributed by atoms with Gasteiger partial charge in [-0.2, -0.15) is 0 Å². The fourth-order valence-corrected chi connectivity index (χ4v) is 2.08. The summed E-state index contributed by atoms with van der Waals surface area (Å²) in [7, 11) is 0. The highest BCUT2D eigenvalue weighted by Crippen LogP contribution is 2.10. The summed E-state index contributed by atoms with van der Waals surface area (Å²) in [5.74, 6) is 0. The van der Waals surface area contributed by atoms with Crippen molar-refractivity contribution in [3.05, 3.63) is 34.3 Å². The molecule has 3 nitrogen and oxygen atoms in total. The Morgan fingerprint density at radius 3 is 2.32 bits per heavy atom. The van der Waals surface area contributed by atoms with Gasteiger partial charge in [0.1, 0.15) is 0 Å². The minimum atomic E-state index is -0.0514. The summed E-state index contributed by atoms with van der Waals surface area (Å²) < 4.78 is 12.1. The Kier molecular flexibility index (Phi) is 9.08. The van der Waals surface area contributed by atoms with Crippen LogP contribution in [0, 0.1) is 0 Å². The molecule has 4 heteroatoms. The monoisotopic (exact) mass is 329 g/mol. The molecule has 1 aromatic rings. The van der Waals surface area contributed by atoms with Gasteiger partial charge >= 0.3 is 0 Å². The van der Waals surface area contributed by atoms with Crippen LogP contribution in [0.3, 0.4) is 0 Å². The molecular formula is C15H24BrNO2. The number of rotatable bonds is 10. The number of hydrogen-bond donors (Lipinski definition) is 1. The third-order valence-corrected chi connectivity index (χ3v) is 3.27. The average molecular weight is 330 g/mol. The van der Waals surface area contributed by atoms with Gasteiger partial charge in [-0.3, -0.25) is 0 Å². The summed E-state index contributed by atoms with van der Waals surface area (Å²) in [4.78, 5) is 0. The fraction of sp³-hybridized carbons (Fsp3) is 0.600. The van der Waals surface area contributed by atoms with E-state index in [-0.39, 0.29) is 6.29 Å². The van der Waals surface area contributed by atoms with E-state index in [1.807, 2.05) is 13.8 Å². The Morgan fingerprint density at radius 1 is 1.11 bits per heavy atom. The third kappa shape index (κ3) is 7.67. The zero-order valence-electron chi connectivity index (χ0n) is 11.8. The van der Waals surface area contributed by atoms with E-state index in [9.17, 15) is 0 Å². The first kappa shape index (κ1) is 16.6. The van der Waals surface area contributed by atoms with Crippen molar-refractivity contribution < 1.29 is 9.47 Å². The van der Waals surface area contributed by atoms with Crippen molar-refractivity contribution in [2.24, 2.45) is 0 Å². The molecule has 19 heavy (non-hydrogen) atoms. The highest BCUT2D eigenvalue weighted by molar-refractivity contribution is 9.10. The summed E-state index contributed by atoms with van der Waals surface area (Å²) in [5.41, 5.74) is 1.30. The molecule has 108 valence electrons. The zero-order valence-corrected chi connectivity index (χ0v) is 13.4. The number of halogens is 1. The minimum absolute atomic E-state index is 0.0514. The van der Waals surface area contributed by atoms with E-state index in [0.29, 0.717) is 13.2 Å². The Bertz CT molecular complexity index is 323. The lowest BCUT2D eigenvalue weighted by Gasteiger charge is -2.16. The maximum atomic E-state index is 5.51. The third-order valence-electron chi connectivity index (χ3n) is 2.74. The van der Waals surface area contributed by atoms with E-state index in [1.54, 1.807) is 0 Å². The molecule has 0 radical (unpaired) electrons. The first-order valence-electron chi connectivity index (χ1n) is 6.94. The highest BCUT2D eigenvalue weighted by atomic mass is 79.9. The van der Waals surface area contributed by atoms with Crippen LogP contribution in [0.25, 0.3) is 0 Å². The second kappa shape index (κ2) is 10.4. The molecule has 0 aromatic heterocycles. The summed E-state index contributed by atoms with van der Waals surface area (Å²) in [5, 5.41) is 3.43. The first-order valence-corrected chi connectivity index (χ1v) is 7.74. The van der Waals surface area contributed by atoms with Crippen LogP contribution in [0.4, 0.5) is 0 Å². The topological polar surface area (TPSA) is 30.5 Å². The van der Waals surface area contributed by atoms with Gasteiger partial charge < -0.3 is 14.8 Å². The molecule has 0 fully saturated rings. The molecule has 1 aromatic carbocycles. The van der Waals surface area contributed by atoms with Crippen LogP contribution < -0.4 is 5.32 Å². The molecule has 0 aliphatic rings. The first-order chi connectivity index (χ1) is 9.26. The number of ether oxygens (including phenoxy) is 2. The predicted molar refractivity (Wildman–Crippen MR) is 82.1 cm³/mol. The molecule has 0 atom stereocenters. The molecule has 1 N–H and O–H groups in total.